The van der Waals surface area contributed by atoms with Gasteiger partial charge in [-0.3, -0.25) is 4.79 Å². The minimum Gasteiger partial charge on any atom is -0.390 e. The largest absolute Gasteiger partial charge is 0.390 e. The third-order valence-corrected chi connectivity index (χ3v) is 4.28. The number of nitrogens with one attached hydrogen (secondary N) is 1. The van der Waals surface area contributed by atoms with Gasteiger partial charge in [-0.2, -0.15) is 5.26 Å². The summed E-state index contributed by atoms with van der Waals surface area (Å²) in [6.07, 6.45) is 5.50. The van der Waals surface area contributed by atoms with Crippen molar-refractivity contribution in [1.82, 2.24) is 10.2 Å². The highest BCUT2D eigenvalue weighted by molar-refractivity contribution is 5.84. The number of amides is 1. The van der Waals surface area contributed by atoms with Gasteiger partial charge in [0.2, 0.25) is 5.91 Å². The Labute approximate surface area is 138 Å². The Bertz CT molecular complexity index is 480. The molecule has 1 atom stereocenters. The van der Waals surface area contributed by atoms with E-state index in [0.717, 1.165) is 44.2 Å². The molecule has 1 saturated heterocycles. The van der Waals surface area contributed by atoms with Crippen molar-refractivity contribution >= 4 is 11.6 Å². The minimum absolute atomic E-state index is 0.0459. The van der Waals surface area contributed by atoms with Crippen LogP contribution in [0.25, 0.3) is 0 Å². The van der Waals surface area contributed by atoms with Gasteiger partial charge in [-0.15, -0.1) is 0 Å². The van der Waals surface area contributed by atoms with E-state index in [0.29, 0.717) is 19.1 Å². The number of carbonyl (C=O) groups is 1. The summed E-state index contributed by atoms with van der Waals surface area (Å²) in [7, 11) is 0. The van der Waals surface area contributed by atoms with Gasteiger partial charge in [-0.05, 0) is 59.3 Å². The SMILES string of the molecule is CC(C)(C)ON=C1CCC(NCC(=O)N2CCCC2C#N)CC1. The summed E-state index contributed by atoms with van der Waals surface area (Å²) in [5, 5.41) is 16.6. The Hall–Kier alpha value is -1.61. The molecule has 6 nitrogen and oxygen atoms in total. The van der Waals surface area contributed by atoms with Crippen molar-refractivity contribution in [2.24, 2.45) is 5.16 Å². The Morgan fingerprint density at radius 2 is 2.09 bits per heavy atom. The normalized spacial score (nSPS) is 25.1. The predicted molar refractivity (Wildman–Crippen MR) is 88.9 cm³/mol. The average Bonchev–Trinajstić information content (AvgIpc) is 2.99. The molecule has 0 bridgehead atoms. The fourth-order valence-electron chi connectivity index (χ4n) is 2.98. The van der Waals surface area contributed by atoms with E-state index < -0.39 is 0 Å². The third kappa shape index (κ3) is 5.51. The fraction of sp³-hybridized carbons (Fsp3) is 0.824. The summed E-state index contributed by atoms with van der Waals surface area (Å²) in [4.78, 5) is 19.4. The van der Waals surface area contributed by atoms with Crippen molar-refractivity contribution in [3.63, 3.8) is 0 Å². The first-order valence-corrected chi connectivity index (χ1v) is 8.55. The Balaban J connectivity index is 1.71. The minimum atomic E-state index is -0.248. The lowest BCUT2D eigenvalue weighted by molar-refractivity contribution is -0.130. The van der Waals surface area contributed by atoms with Crippen LogP contribution < -0.4 is 5.32 Å². The zero-order valence-corrected chi connectivity index (χ0v) is 14.5. The van der Waals surface area contributed by atoms with E-state index >= 15 is 0 Å². The van der Waals surface area contributed by atoms with E-state index in [1.807, 2.05) is 20.8 Å². The van der Waals surface area contributed by atoms with Crippen molar-refractivity contribution < 1.29 is 9.63 Å². The van der Waals surface area contributed by atoms with Crippen LogP contribution in [0.1, 0.15) is 59.3 Å². The summed E-state index contributed by atoms with van der Waals surface area (Å²) >= 11 is 0. The van der Waals surface area contributed by atoms with E-state index in [-0.39, 0.29) is 17.6 Å². The van der Waals surface area contributed by atoms with Crippen LogP contribution in [0.5, 0.6) is 0 Å². The van der Waals surface area contributed by atoms with Gasteiger partial charge in [-0.1, -0.05) is 5.16 Å². The molecule has 2 fully saturated rings. The third-order valence-electron chi connectivity index (χ3n) is 4.28. The maximum atomic E-state index is 12.2. The van der Waals surface area contributed by atoms with Crippen LogP contribution in [0.3, 0.4) is 0 Å². The molecule has 0 radical (unpaired) electrons. The number of nitriles is 1. The molecule has 2 rings (SSSR count). The number of hydrogen-bond donors (Lipinski definition) is 1. The summed E-state index contributed by atoms with van der Waals surface area (Å²) in [6.45, 7) is 7.01. The number of oxime groups is 1. The van der Waals surface area contributed by atoms with Crippen molar-refractivity contribution in [3.05, 3.63) is 0 Å². The van der Waals surface area contributed by atoms with Crippen LogP contribution in [0, 0.1) is 11.3 Å². The van der Waals surface area contributed by atoms with Crippen LogP contribution in [0.15, 0.2) is 5.16 Å². The van der Waals surface area contributed by atoms with E-state index in [1.54, 1.807) is 4.90 Å². The molecule has 0 aromatic rings. The molecule has 0 aromatic heterocycles. The predicted octanol–water partition coefficient (Wildman–Crippen LogP) is 2.20. The number of carbonyl (C=O) groups excluding carboxylic acids is 1. The number of rotatable bonds is 4. The van der Waals surface area contributed by atoms with E-state index in [4.69, 9.17) is 10.1 Å². The van der Waals surface area contributed by atoms with Crippen molar-refractivity contribution in [1.29, 1.82) is 5.26 Å². The summed E-state index contributed by atoms with van der Waals surface area (Å²) in [6, 6.07) is 2.32. The van der Waals surface area contributed by atoms with E-state index in [2.05, 4.69) is 16.5 Å². The molecule has 23 heavy (non-hydrogen) atoms. The topological polar surface area (TPSA) is 77.7 Å². The summed E-state index contributed by atoms with van der Waals surface area (Å²) < 4.78 is 0. The molecular formula is C17H28N4O2. The fourth-order valence-corrected chi connectivity index (χ4v) is 2.98. The second-order valence-electron chi connectivity index (χ2n) is 7.39. The summed E-state index contributed by atoms with van der Waals surface area (Å²) in [5.74, 6) is 0.0459. The highest BCUT2D eigenvalue weighted by atomic mass is 16.6. The molecule has 1 saturated carbocycles. The second-order valence-corrected chi connectivity index (χ2v) is 7.39. The number of nitrogens with zero attached hydrogens (tertiary/aromatic N) is 3. The molecule has 1 aliphatic carbocycles. The van der Waals surface area contributed by atoms with Crippen LogP contribution in [-0.4, -0.2) is 47.3 Å². The van der Waals surface area contributed by atoms with Gasteiger partial charge in [0.1, 0.15) is 11.6 Å². The quantitative estimate of drug-likeness (QED) is 0.806. The van der Waals surface area contributed by atoms with Gasteiger partial charge < -0.3 is 15.1 Å². The number of likely N-dealkylation sites (tertiary alicyclic amines) is 1. The molecule has 1 aliphatic heterocycles. The Morgan fingerprint density at radius 3 is 2.70 bits per heavy atom. The molecule has 128 valence electrons. The van der Waals surface area contributed by atoms with Crippen LogP contribution in [0.4, 0.5) is 0 Å². The van der Waals surface area contributed by atoms with Gasteiger partial charge in [0, 0.05) is 12.6 Å². The lowest BCUT2D eigenvalue weighted by Gasteiger charge is -2.26. The van der Waals surface area contributed by atoms with Gasteiger partial charge in [0.05, 0.1) is 18.3 Å². The zero-order chi connectivity index (χ0) is 16.9. The maximum absolute atomic E-state index is 12.2. The number of hydrogen-bond acceptors (Lipinski definition) is 5. The Kier molecular flexibility index (Phi) is 6.00. The monoisotopic (exact) mass is 320 g/mol. The molecule has 0 aromatic carbocycles. The molecule has 0 spiro atoms. The Morgan fingerprint density at radius 1 is 1.39 bits per heavy atom. The first kappa shape index (κ1) is 17.7. The van der Waals surface area contributed by atoms with Gasteiger partial charge in [-0.25, -0.2) is 0 Å². The van der Waals surface area contributed by atoms with E-state index in [9.17, 15) is 4.79 Å². The molecule has 1 unspecified atom stereocenters. The molecule has 1 amide bonds. The first-order valence-electron chi connectivity index (χ1n) is 8.55. The van der Waals surface area contributed by atoms with Crippen molar-refractivity contribution in [2.45, 2.75) is 77.0 Å². The van der Waals surface area contributed by atoms with Crippen LogP contribution in [0.2, 0.25) is 0 Å². The average molecular weight is 320 g/mol. The lowest BCUT2D eigenvalue weighted by atomic mass is 9.94. The molecule has 1 N–H and O–H groups in total. The highest BCUT2D eigenvalue weighted by Gasteiger charge is 2.28. The highest BCUT2D eigenvalue weighted by Crippen LogP contribution is 2.19. The van der Waals surface area contributed by atoms with Crippen LogP contribution >= 0.6 is 0 Å². The van der Waals surface area contributed by atoms with Gasteiger partial charge in [0.15, 0.2) is 0 Å². The molecule has 1 heterocycles. The van der Waals surface area contributed by atoms with Crippen LogP contribution in [-0.2, 0) is 9.63 Å². The van der Waals surface area contributed by atoms with E-state index in [1.165, 1.54) is 0 Å². The smallest absolute Gasteiger partial charge is 0.237 e. The maximum Gasteiger partial charge on any atom is 0.237 e. The summed E-state index contributed by atoms with van der Waals surface area (Å²) in [5.41, 5.74) is 0.857. The zero-order valence-electron chi connectivity index (χ0n) is 14.5. The molecule has 6 heteroatoms. The second kappa shape index (κ2) is 7.78. The standard InChI is InChI=1S/C17H28N4O2/c1-17(2,3)23-20-14-8-6-13(7-9-14)19-12-16(22)21-10-4-5-15(21)11-18/h13,15,19H,4-10,12H2,1-3H3. The lowest BCUT2D eigenvalue weighted by Crippen LogP contribution is -2.44. The van der Waals surface area contributed by atoms with Gasteiger partial charge in [0.25, 0.3) is 0 Å². The molecule has 2 aliphatic rings. The molecular weight excluding hydrogens is 292 g/mol. The van der Waals surface area contributed by atoms with Gasteiger partial charge >= 0.3 is 0 Å². The first-order chi connectivity index (χ1) is 10.9. The van der Waals surface area contributed by atoms with Crippen molar-refractivity contribution in [3.8, 4) is 6.07 Å². The van der Waals surface area contributed by atoms with Crippen molar-refractivity contribution in [2.75, 3.05) is 13.1 Å².